The second kappa shape index (κ2) is 8.86. The first-order chi connectivity index (χ1) is 13.0. The minimum absolute atomic E-state index is 0.00537. The van der Waals surface area contributed by atoms with E-state index in [-0.39, 0.29) is 11.9 Å². The maximum absolute atomic E-state index is 12.8. The quantitative estimate of drug-likeness (QED) is 0.868. The average molecular weight is 369 g/mol. The van der Waals surface area contributed by atoms with Crippen LogP contribution in [-0.4, -0.2) is 53.5 Å². The maximum atomic E-state index is 12.8. The zero-order valence-electron chi connectivity index (χ0n) is 16.7. The number of amides is 1. The minimum atomic E-state index is -0.643. The molecule has 2 aliphatic rings. The molecule has 0 spiro atoms. The van der Waals surface area contributed by atoms with Gasteiger partial charge in [0.25, 0.3) is 0 Å². The molecule has 5 nitrogen and oxygen atoms in total. The Kier molecular flexibility index (Phi) is 6.51. The molecule has 1 aliphatic carbocycles. The van der Waals surface area contributed by atoms with Crippen molar-refractivity contribution in [2.75, 3.05) is 26.2 Å². The highest BCUT2D eigenvalue weighted by molar-refractivity contribution is 5.82. The molecular weight excluding hydrogens is 336 g/mol. The third kappa shape index (κ3) is 4.88. The lowest BCUT2D eigenvalue weighted by Crippen LogP contribution is -2.58. The molecule has 1 saturated carbocycles. The smallest absolute Gasteiger partial charge is 0.238 e. The van der Waals surface area contributed by atoms with Crippen molar-refractivity contribution in [3.8, 4) is 6.07 Å². The summed E-state index contributed by atoms with van der Waals surface area (Å²) in [5.74, 6) is 0.00537. The van der Waals surface area contributed by atoms with Crippen molar-refractivity contribution in [2.24, 2.45) is 0 Å². The van der Waals surface area contributed by atoms with E-state index in [1.54, 1.807) is 0 Å². The summed E-state index contributed by atoms with van der Waals surface area (Å²) in [6.45, 7) is 8.82. The third-order valence-corrected chi connectivity index (χ3v) is 6.27. The lowest BCUT2D eigenvalue weighted by atomic mass is 9.82. The van der Waals surface area contributed by atoms with E-state index >= 15 is 0 Å². The van der Waals surface area contributed by atoms with Crippen LogP contribution in [0.1, 0.15) is 50.2 Å². The summed E-state index contributed by atoms with van der Waals surface area (Å²) in [7, 11) is 0. The van der Waals surface area contributed by atoms with E-state index in [2.05, 4.69) is 52.4 Å². The van der Waals surface area contributed by atoms with Crippen LogP contribution in [0.25, 0.3) is 0 Å². The van der Waals surface area contributed by atoms with Crippen molar-refractivity contribution in [3.63, 3.8) is 0 Å². The normalized spacial score (nSPS) is 22.0. The Morgan fingerprint density at radius 1 is 1.19 bits per heavy atom. The summed E-state index contributed by atoms with van der Waals surface area (Å²) in [6, 6.07) is 10.7. The standard InChI is InChI=1S/C22H32N4O/c1-18-8-4-5-9-20(18)16-25-12-14-26(15-13-25)19(2)21(27)24-22(17-23)10-6-3-7-11-22/h4-5,8-9,19H,3,6-7,10-16H2,1-2H3,(H,24,27). The van der Waals surface area contributed by atoms with Crippen LogP contribution in [0.2, 0.25) is 0 Å². The van der Waals surface area contributed by atoms with Gasteiger partial charge in [0.2, 0.25) is 5.91 Å². The van der Waals surface area contributed by atoms with Crippen LogP contribution in [0.5, 0.6) is 0 Å². The highest BCUT2D eigenvalue weighted by Crippen LogP contribution is 2.27. The number of nitriles is 1. The van der Waals surface area contributed by atoms with Gasteiger partial charge in [0.1, 0.15) is 5.54 Å². The number of carbonyl (C=O) groups is 1. The van der Waals surface area contributed by atoms with Gasteiger partial charge in [-0.1, -0.05) is 43.5 Å². The molecule has 1 heterocycles. The molecule has 1 saturated heterocycles. The molecule has 0 bridgehead atoms. The molecular formula is C22H32N4O. The highest BCUT2D eigenvalue weighted by atomic mass is 16.2. The maximum Gasteiger partial charge on any atom is 0.238 e. The first kappa shape index (κ1) is 19.9. The van der Waals surface area contributed by atoms with Crippen LogP contribution in [0.4, 0.5) is 0 Å². The van der Waals surface area contributed by atoms with E-state index in [1.807, 2.05) is 6.92 Å². The zero-order valence-corrected chi connectivity index (χ0v) is 16.7. The number of hydrogen-bond donors (Lipinski definition) is 1. The van der Waals surface area contributed by atoms with Crippen molar-refractivity contribution < 1.29 is 4.79 Å². The van der Waals surface area contributed by atoms with Crippen molar-refractivity contribution in [1.82, 2.24) is 15.1 Å². The van der Waals surface area contributed by atoms with E-state index in [0.717, 1.165) is 64.8 Å². The molecule has 0 radical (unpaired) electrons. The molecule has 146 valence electrons. The van der Waals surface area contributed by atoms with Crippen LogP contribution in [0, 0.1) is 18.3 Å². The largest absolute Gasteiger partial charge is 0.336 e. The molecule has 1 N–H and O–H groups in total. The average Bonchev–Trinajstić information content (AvgIpc) is 2.70. The summed E-state index contributed by atoms with van der Waals surface area (Å²) in [5, 5.41) is 12.7. The predicted octanol–water partition coefficient (Wildman–Crippen LogP) is 2.84. The van der Waals surface area contributed by atoms with Gasteiger partial charge in [-0.15, -0.1) is 0 Å². The number of aryl methyl sites for hydroxylation is 1. The molecule has 1 atom stereocenters. The Balaban J connectivity index is 1.50. The molecule has 1 amide bonds. The molecule has 2 fully saturated rings. The number of carbonyl (C=O) groups excluding carboxylic acids is 1. The van der Waals surface area contributed by atoms with Gasteiger partial charge in [-0.3, -0.25) is 14.6 Å². The first-order valence-corrected chi connectivity index (χ1v) is 10.3. The van der Waals surface area contributed by atoms with E-state index in [1.165, 1.54) is 11.1 Å². The SMILES string of the molecule is Cc1ccccc1CN1CCN(C(C)C(=O)NC2(C#N)CCCCC2)CC1. The van der Waals surface area contributed by atoms with Gasteiger partial charge < -0.3 is 5.32 Å². The number of piperazine rings is 1. The molecule has 5 heteroatoms. The molecule has 1 aromatic carbocycles. The number of rotatable bonds is 5. The second-order valence-electron chi connectivity index (χ2n) is 8.16. The van der Waals surface area contributed by atoms with Gasteiger partial charge in [0.15, 0.2) is 0 Å². The Morgan fingerprint density at radius 2 is 1.85 bits per heavy atom. The Bertz CT molecular complexity index is 682. The number of nitrogens with zero attached hydrogens (tertiary/aromatic N) is 3. The molecule has 27 heavy (non-hydrogen) atoms. The Labute approximate surface area is 163 Å². The van der Waals surface area contributed by atoms with Crippen LogP contribution >= 0.6 is 0 Å². The summed E-state index contributed by atoms with van der Waals surface area (Å²) in [4.78, 5) is 17.5. The van der Waals surface area contributed by atoms with E-state index in [9.17, 15) is 10.1 Å². The van der Waals surface area contributed by atoms with E-state index in [4.69, 9.17) is 0 Å². The van der Waals surface area contributed by atoms with E-state index < -0.39 is 5.54 Å². The summed E-state index contributed by atoms with van der Waals surface area (Å²) >= 11 is 0. The molecule has 1 unspecified atom stereocenters. The third-order valence-electron chi connectivity index (χ3n) is 6.27. The number of nitrogens with one attached hydrogen (secondary N) is 1. The van der Waals surface area contributed by atoms with Crippen LogP contribution in [-0.2, 0) is 11.3 Å². The van der Waals surface area contributed by atoms with Gasteiger partial charge in [-0.2, -0.15) is 5.26 Å². The Morgan fingerprint density at radius 3 is 2.48 bits per heavy atom. The van der Waals surface area contributed by atoms with Crippen LogP contribution < -0.4 is 5.32 Å². The van der Waals surface area contributed by atoms with Crippen LogP contribution in [0.15, 0.2) is 24.3 Å². The first-order valence-electron chi connectivity index (χ1n) is 10.3. The lowest BCUT2D eigenvalue weighted by Gasteiger charge is -2.39. The molecule has 3 rings (SSSR count). The topological polar surface area (TPSA) is 59.4 Å². The fourth-order valence-electron chi connectivity index (χ4n) is 4.26. The van der Waals surface area contributed by atoms with Gasteiger partial charge in [0, 0.05) is 32.7 Å². The zero-order chi connectivity index (χ0) is 19.3. The van der Waals surface area contributed by atoms with E-state index in [0.29, 0.717) is 0 Å². The van der Waals surface area contributed by atoms with Gasteiger partial charge in [0.05, 0.1) is 12.1 Å². The summed E-state index contributed by atoms with van der Waals surface area (Å²) in [6.07, 6.45) is 4.79. The monoisotopic (exact) mass is 368 g/mol. The minimum Gasteiger partial charge on any atom is -0.336 e. The molecule has 0 aromatic heterocycles. The van der Waals surface area contributed by atoms with Crippen molar-refractivity contribution in [2.45, 2.75) is 64.1 Å². The highest BCUT2D eigenvalue weighted by Gasteiger charge is 2.36. The summed E-state index contributed by atoms with van der Waals surface area (Å²) in [5.41, 5.74) is 2.07. The van der Waals surface area contributed by atoms with Gasteiger partial charge in [-0.05, 0) is 37.8 Å². The summed E-state index contributed by atoms with van der Waals surface area (Å²) < 4.78 is 0. The predicted molar refractivity (Wildman–Crippen MR) is 107 cm³/mol. The lowest BCUT2D eigenvalue weighted by molar-refractivity contribution is -0.128. The van der Waals surface area contributed by atoms with Gasteiger partial charge in [-0.25, -0.2) is 0 Å². The molecule has 1 aromatic rings. The van der Waals surface area contributed by atoms with Crippen molar-refractivity contribution in [1.29, 1.82) is 5.26 Å². The van der Waals surface area contributed by atoms with Crippen LogP contribution in [0.3, 0.4) is 0 Å². The number of hydrogen-bond acceptors (Lipinski definition) is 4. The number of benzene rings is 1. The second-order valence-corrected chi connectivity index (χ2v) is 8.16. The molecule has 1 aliphatic heterocycles. The Hall–Kier alpha value is -1.90. The fourth-order valence-corrected chi connectivity index (χ4v) is 4.26. The fraction of sp³-hybridized carbons (Fsp3) is 0.636. The van der Waals surface area contributed by atoms with Gasteiger partial charge >= 0.3 is 0 Å². The van der Waals surface area contributed by atoms with Crippen molar-refractivity contribution in [3.05, 3.63) is 35.4 Å². The van der Waals surface area contributed by atoms with Crippen molar-refractivity contribution >= 4 is 5.91 Å².